The molecule has 4 nitrogen and oxygen atoms in total. The van der Waals surface area contributed by atoms with E-state index >= 15 is 0 Å². The minimum absolute atomic E-state index is 0.183. The third-order valence-corrected chi connectivity index (χ3v) is 3.39. The number of nitrogens with zero attached hydrogens (tertiary/aromatic N) is 1. The molecule has 0 aliphatic rings. The highest BCUT2D eigenvalue weighted by atomic mass is 16.5. The zero-order valence-electron chi connectivity index (χ0n) is 12.5. The summed E-state index contributed by atoms with van der Waals surface area (Å²) in [6.07, 6.45) is 0.406. The van der Waals surface area contributed by atoms with Gasteiger partial charge >= 0.3 is 5.97 Å². The van der Waals surface area contributed by atoms with Crippen LogP contribution in [0.3, 0.4) is 0 Å². The van der Waals surface area contributed by atoms with E-state index in [0.717, 1.165) is 12.3 Å². The monoisotopic (exact) mass is 287 g/mol. The summed E-state index contributed by atoms with van der Waals surface area (Å²) < 4.78 is 10.4. The van der Waals surface area contributed by atoms with Crippen LogP contribution in [0, 0.1) is 0 Å². The lowest BCUT2D eigenvalue weighted by Crippen LogP contribution is -2.27. The van der Waals surface area contributed by atoms with Gasteiger partial charge in [0.2, 0.25) is 0 Å². The highest BCUT2D eigenvalue weighted by Gasteiger charge is 2.04. The van der Waals surface area contributed by atoms with Crippen LogP contribution in [0.1, 0.15) is 6.42 Å². The van der Waals surface area contributed by atoms with E-state index in [2.05, 4.69) is 27.8 Å². The fraction of sp³-hybridized carbons (Fsp3) is 0.353. The zero-order chi connectivity index (χ0) is 15.1. The first-order chi connectivity index (χ1) is 10.2. The molecule has 0 heterocycles. The molecule has 0 radical (unpaired) electrons. The molecular formula is C17H21NO3. The van der Waals surface area contributed by atoms with Crippen molar-refractivity contribution in [1.82, 2.24) is 4.90 Å². The summed E-state index contributed by atoms with van der Waals surface area (Å²) in [5.74, 6) is 0.687. The van der Waals surface area contributed by atoms with E-state index in [9.17, 15) is 4.79 Å². The van der Waals surface area contributed by atoms with Gasteiger partial charge in [-0.25, -0.2) is 0 Å². The van der Waals surface area contributed by atoms with Crippen LogP contribution in [0.15, 0.2) is 42.5 Å². The molecule has 0 spiro atoms. The minimum Gasteiger partial charge on any atom is -0.492 e. The van der Waals surface area contributed by atoms with Gasteiger partial charge in [0, 0.05) is 13.1 Å². The van der Waals surface area contributed by atoms with Gasteiger partial charge in [0.1, 0.15) is 12.4 Å². The average Bonchev–Trinajstić information content (AvgIpc) is 2.52. The molecule has 112 valence electrons. The molecule has 0 N–H and O–H groups in total. The molecule has 0 unspecified atom stereocenters. The minimum atomic E-state index is -0.183. The quantitative estimate of drug-likeness (QED) is 0.734. The molecule has 0 saturated heterocycles. The summed E-state index contributed by atoms with van der Waals surface area (Å²) in [5.41, 5.74) is 0. The number of benzene rings is 2. The predicted molar refractivity (Wildman–Crippen MR) is 83.6 cm³/mol. The Kier molecular flexibility index (Phi) is 5.58. The van der Waals surface area contributed by atoms with Gasteiger partial charge in [-0.05, 0) is 30.0 Å². The summed E-state index contributed by atoms with van der Waals surface area (Å²) in [7, 11) is 3.37. The number of ether oxygens (including phenoxy) is 2. The number of hydrogen-bond donors (Lipinski definition) is 0. The molecule has 0 bridgehead atoms. The summed E-state index contributed by atoms with van der Waals surface area (Å²) in [4.78, 5) is 13.1. The second-order valence-electron chi connectivity index (χ2n) is 4.99. The highest BCUT2D eigenvalue weighted by molar-refractivity contribution is 5.83. The van der Waals surface area contributed by atoms with Crippen molar-refractivity contribution in [2.45, 2.75) is 6.42 Å². The molecule has 0 aliphatic heterocycles. The van der Waals surface area contributed by atoms with Crippen LogP contribution >= 0.6 is 0 Å². The van der Waals surface area contributed by atoms with Crippen molar-refractivity contribution in [3.05, 3.63) is 42.5 Å². The molecule has 2 aromatic carbocycles. The van der Waals surface area contributed by atoms with Crippen molar-refractivity contribution in [3.8, 4) is 5.75 Å². The smallest absolute Gasteiger partial charge is 0.306 e. The van der Waals surface area contributed by atoms with Crippen LogP contribution in [0.4, 0.5) is 0 Å². The Morgan fingerprint density at radius 1 is 1.10 bits per heavy atom. The van der Waals surface area contributed by atoms with Crippen molar-refractivity contribution in [1.29, 1.82) is 0 Å². The normalized spacial score (nSPS) is 10.8. The lowest BCUT2D eigenvalue weighted by atomic mass is 10.1. The van der Waals surface area contributed by atoms with Gasteiger partial charge < -0.3 is 14.4 Å². The number of fused-ring (bicyclic) bond motifs is 1. The molecule has 0 aromatic heterocycles. The summed E-state index contributed by atoms with van der Waals surface area (Å²) in [5, 5.41) is 2.38. The van der Waals surface area contributed by atoms with Crippen molar-refractivity contribution in [3.63, 3.8) is 0 Å². The Morgan fingerprint density at radius 2 is 1.86 bits per heavy atom. The number of methoxy groups -OCH3 is 1. The summed E-state index contributed by atoms with van der Waals surface area (Å²) in [6.45, 7) is 2.04. The van der Waals surface area contributed by atoms with Crippen molar-refractivity contribution in [2.75, 3.05) is 33.9 Å². The average molecular weight is 287 g/mol. The first-order valence-corrected chi connectivity index (χ1v) is 7.06. The van der Waals surface area contributed by atoms with Crippen LogP contribution in [0.5, 0.6) is 5.75 Å². The van der Waals surface area contributed by atoms with Crippen molar-refractivity contribution < 1.29 is 14.3 Å². The molecule has 0 fully saturated rings. The molecule has 0 aliphatic carbocycles. The summed E-state index contributed by atoms with van der Waals surface area (Å²) in [6, 6.07) is 14.3. The molecule has 2 aromatic rings. The van der Waals surface area contributed by atoms with Gasteiger partial charge in [-0.15, -0.1) is 0 Å². The third-order valence-electron chi connectivity index (χ3n) is 3.39. The van der Waals surface area contributed by atoms with Gasteiger partial charge in [0.25, 0.3) is 0 Å². The van der Waals surface area contributed by atoms with Gasteiger partial charge in [-0.2, -0.15) is 0 Å². The molecular weight excluding hydrogens is 266 g/mol. The number of rotatable bonds is 7. The van der Waals surface area contributed by atoms with E-state index in [1.165, 1.54) is 17.9 Å². The van der Waals surface area contributed by atoms with Crippen LogP contribution in [0.25, 0.3) is 10.8 Å². The predicted octanol–water partition coefficient (Wildman–Crippen LogP) is 2.71. The Labute approximate surface area is 125 Å². The topological polar surface area (TPSA) is 38.8 Å². The molecule has 2 rings (SSSR count). The Balaban J connectivity index is 1.78. The fourth-order valence-corrected chi connectivity index (χ4v) is 2.07. The van der Waals surface area contributed by atoms with E-state index in [0.29, 0.717) is 19.6 Å². The number of likely N-dealkylation sites (N-methyl/N-ethyl adjacent to an activating group) is 1. The van der Waals surface area contributed by atoms with E-state index in [1.807, 2.05) is 31.3 Å². The largest absolute Gasteiger partial charge is 0.492 e. The fourth-order valence-electron chi connectivity index (χ4n) is 2.07. The van der Waals surface area contributed by atoms with Crippen LogP contribution < -0.4 is 4.74 Å². The van der Waals surface area contributed by atoms with Crippen molar-refractivity contribution in [2.24, 2.45) is 0 Å². The molecule has 0 saturated carbocycles. The Hall–Kier alpha value is -2.07. The van der Waals surface area contributed by atoms with E-state index in [1.54, 1.807) is 0 Å². The van der Waals surface area contributed by atoms with E-state index in [4.69, 9.17) is 4.74 Å². The number of carbonyl (C=O) groups excluding carboxylic acids is 1. The Bertz CT molecular complexity index is 597. The lowest BCUT2D eigenvalue weighted by molar-refractivity contribution is -0.140. The van der Waals surface area contributed by atoms with Crippen LogP contribution in [-0.2, 0) is 9.53 Å². The SMILES string of the molecule is COC(=O)CCN(C)CCOc1ccc2ccccc2c1. The van der Waals surface area contributed by atoms with Crippen molar-refractivity contribution >= 4 is 16.7 Å². The van der Waals surface area contributed by atoms with Gasteiger partial charge in [0.05, 0.1) is 13.5 Å². The van der Waals surface area contributed by atoms with Crippen LogP contribution in [-0.4, -0.2) is 44.7 Å². The summed E-state index contributed by atoms with van der Waals surface area (Å²) >= 11 is 0. The lowest BCUT2D eigenvalue weighted by Gasteiger charge is -2.16. The third kappa shape index (κ3) is 4.76. The molecule has 4 heteroatoms. The van der Waals surface area contributed by atoms with Crippen LogP contribution in [0.2, 0.25) is 0 Å². The Morgan fingerprint density at radius 3 is 2.62 bits per heavy atom. The van der Waals surface area contributed by atoms with E-state index < -0.39 is 0 Å². The highest BCUT2D eigenvalue weighted by Crippen LogP contribution is 2.20. The maximum Gasteiger partial charge on any atom is 0.306 e. The van der Waals surface area contributed by atoms with Gasteiger partial charge in [0.15, 0.2) is 0 Å². The standard InChI is InChI=1S/C17H21NO3/c1-18(10-9-17(19)20-2)11-12-21-16-8-7-14-5-3-4-6-15(14)13-16/h3-8,13H,9-12H2,1-2H3. The molecule has 21 heavy (non-hydrogen) atoms. The van der Waals surface area contributed by atoms with Gasteiger partial charge in [-0.1, -0.05) is 30.3 Å². The zero-order valence-corrected chi connectivity index (χ0v) is 12.5. The first kappa shape index (κ1) is 15.3. The first-order valence-electron chi connectivity index (χ1n) is 7.06. The second-order valence-corrected chi connectivity index (χ2v) is 4.99. The van der Waals surface area contributed by atoms with Gasteiger partial charge in [-0.3, -0.25) is 4.79 Å². The molecule has 0 atom stereocenters. The number of carbonyl (C=O) groups is 1. The molecule has 0 amide bonds. The number of hydrogen-bond acceptors (Lipinski definition) is 4. The maximum atomic E-state index is 11.1. The maximum absolute atomic E-state index is 11.1. The second kappa shape index (κ2) is 7.64. The van der Waals surface area contributed by atoms with E-state index in [-0.39, 0.29) is 5.97 Å². The number of esters is 1.